The SMILES string of the molecule is CNC(=O)[C@]1(C)CCCN(CC(=O)Nc2cc(C)on2)C1. The minimum Gasteiger partial charge on any atom is -0.360 e. The number of aromatic nitrogens is 1. The van der Waals surface area contributed by atoms with Gasteiger partial charge in [-0.1, -0.05) is 5.16 Å². The number of aryl methyl sites for hydroxylation is 1. The van der Waals surface area contributed by atoms with Gasteiger partial charge in [-0.15, -0.1) is 0 Å². The number of anilines is 1. The maximum absolute atomic E-state index is 12.0. The van der Waals surface area contributed by atoms with E-state index in [-0.39, 0.29) is 18.4 Å². The van der Waals surface area contributed by atoms with Crippen LogP contribution in [-0.4, -0.2) is 48.6 Å². The van der Waals surface area contributed by atoms with Crippen molar-refractivity contribution in [2.45, 2.75) is 26.7 Å². The van der Waals surface area contributed by atoms with Crippen molar-refractivity contribution in [2.24, 2.45) is 5.41 Å². The summed E-state index contributed by atoms with van der Waals surface area (Å²) in [5.74, 6) is 0.947. The second kappa shape index (κ2) is 6.26. The lowest BCUT2D eigenvalue weighted by Crippen LogP contribution is -2.51. The Morgan fingerprint density at radius 2 is 2.29 bits per heavy atom. The molecule has 0 aromatic carbocycles. The molecule has 2 amide bonds. The Kier molecular flexibility index (Phi) is 4.62. The number of carbonyl (C=O) groups is 2. The summed E-state index contributed by atoms with van der Waals surface area (Å²) in [6, 6.07) is 1.67. The molecule has 1 atom stereocenters. The molecule has 1 aromatic rings. The first-order valence-corrected chi connectivity index (χ1v) is 7.11. The predicted molar refractivity (Wildman–Crippen MR) is 77.7 cm³/mol. The number of nitrogens with one attached hydrogen (secondary N) is 2. The number of carbonyl (C=O) groups excluding carboxylic acids is 2. The van der Waals surface area contributed by atoms with Gasteiger partial charge in [0.25, 0.3) is 0 Å². The zero-order valence-electron chi connectivity index (χ0n) is 12.7. The molecular weight excluding hydrogens is 272 g/mol. The molecule has 0 saturated carbocycles. The average molecular weight is 294 g/mol. The van der Waals surface area contributed by atoms with Crippen LogP contribution in [0.3, 0.4) is 0 Å². The van der Waals surface area contributed by atoms with Crippen LogP contribution in [0.25, 0.3) is 0 Å². The highest BCUT2D eigenvalue weighted by atomic mass is 16.5. The number of nitrogens with zero attached hydrogens (tertiary/aromatic N) is 2. The van der Waals surface area contributed by atoms with E-state index in [1.165, 1.54) is 0 Å². The molecule has 0 radical (unpaired) electrons. The van der Waals surface area contributed by atoms with Crippen LogP contribution in [0.2, 0.25) is 0 Å². The number of likely N-dealkylation sites (tertiary alicyclic amines) is 1. The van der Waals surface area contributed by atoms with E-state index < -0.39 is 5.41 Å². The van der Waals surface area contributed by atoms with Crippen LogP contribution < -0.4 is 10.6 Å². The lowest BCUT2D eigenvalue weighted by molar-refractivity contribution is -0.133. The number of piperidine rings is 1. The second-order valence-electron chi connectivity index (χ2n) is 5.82. The Morgan fingerprint density at radius 3 is 2.90 bits per heavy atom. The number of hydrogen-bond acceptors (Lipinski definition) is 5. The topological polar surface area (TPSA) is 87.5 Å². The van der Waals surface area contributed by atoms with Crippen molar-refractivity contribution >= 4 is 17.6 Å². The Bertz CT molecular complexity index is 528. The third-order valence-corrected chi connectivity index (χ3v) is 3.81. The molecule has 0 aliphatic carbocycles. The zero-order chi connectivity index (χ0) is 15.5. The van der Waals surface area contributed by atoms with Crippen molar-refractivity contribution in [3.63, 3.8) is 0 Å². The summed E-state index contributed by atoms with van der Waals surface area (Å²) in [6.07, 6.45) is 1.74. The minimum atomic E-state index is -0.433. The van der Waals surface area contributed by atoms with E-state index in [2.05, 4.69) is 15.8 Å². The third-order valence-electron chi connectivity index (χ3n) is 3.81. The molecule has 1 fully saturated rings. The van der Waals surface area contributed by atoms with E-state index in [0.717, 1.165) is 19.4 Å². The Labute approximate surface area is 124 Å². The Balaban J connectivity index is 1.90. The maximum Gasteiger partial charge on any atom is 0.239 e. The molecule has 0 spiro atoms. The van der Waals surface area contributed by atoms with Gasteiger partial charge < -0.3 is 15.2 Å². The molecular formula is C14H22N4O3. The molecule has 1 saturated heterocycles. The second-order valence-corrected chi connectivity index (χ2v) is 5.82. The van der Waals surface area contributed by atoms with Crippen LogP contribution in [0, 0.1) is 12.3 Å². The largest absolute Gasteiger partial charge is 0.360 e. The van der Waals surface area contributed by atoms with Crippen molar-refractivity contribution in [2.75, 3.05) is 32.0 Å². The summed E-state index contributed by atoms with van der Waals surface area (Å²) in [5.41, 5.74) is -0.433. The van der Waals surface area contributed by atoms with Crippen molar-refractivity contribution in [1.29, 1.82) is 0 Å². The van der Waals surface area contributed by atoms with Gasteiger partial charge in [-0.2, -0.15) is 0 Å². The average Bonchev–Trinajstić information content (AvgIpc) is 2.83. The van der Waals surface area contributed by atoms with E-state index in [9.17, 15) is 9.59 Å². The van der Waals surface area contributed by atoms with Crippen LogP contribution in [0.15, 0.2) is 10.6 Å². The lowest BCUT2D eigenvalue weighted by Gasteiger charge is -2.38. The van der Waals surface area contributed by atoms with Gasteiger partial charge in [-0.25, -0.2) is 0 Å². The minimum absolute atomic E-state index is 0.0275. The molecule has 2 N–H and O–H groups in total. The number of hydrogen-bond donors (Lipinski definition) is 2. The van der Waals surface area contributed by atoms with Gasteiger partial charge >= 0.3 is 0 Å². The summed E-state index contributed by atoms with van der Waals surface area (Å²) in [5, 5.41) is 9.13. The molecule has 0 unspecified atom stereocenters. The van der Waals surface area contributed by atoms with Crippen LogP contribution in [0.1, 0.15) is 25.5 Å². The number of rotatable bonds is 4. The van der Waals surface area contributed by atoms with Crippen molar-refractivity contribution < 1.29 is 14.1 Å². The van der Waals surface area contributed by atoms with E-state index in [0.29, 0.717) is 18.1 Å². The van der Waals surface area contributed by atoms with Gasteiger partial charge in [0.2, 0.25) is 11.8 Å². The van der Waals surface area contributed by atoms with Gasteiger partial charge in [0.15, 0.2) is 5.82 Å². The van der Waals surface area contributed by atoms with Crippen LogP contribution in [0.5, 0.6) is 0 Å². The lowest BCUT2D eigenvalue weighted by atomic mass is 9.81. The molecule has 1 aromatic heterocycles. The molecule has 0 bridgehead atoms. The quantitative estimate of drug-likeness (QED) is 0.856. The molecule has 7 heteroatoms. The summed E-state index contributed by atoms with van der Waals surface area (Å²) < 4.78 is 4.90. The van der Waals surface area contributed by atoms with Crippen LogP contribution >= 0.6 is 0 Å². The maximum atomic E-state index is 12.0. The molecule has 2 rings (SSSR count). The predicted octanol–water partition coefficient (Wildman–Crippen LogP) is 0.770. The van der Waals surface area contributed by atoms with Crippen molar-refractivity contribution in [3.8, 4) is 0 Å². The standard InChI is InChI=1S/C14H22N4O3/c1-10-7-11(17-21-10)16-12(19)8-18-6-4-5-14(2,9-18)13(20)15-3/h7H,4-6,8-9H2,1-3H3,(H,15,20)(H,16,17,19)/t14-/m1/s1. The summed E-state index contributed by atoms with van der Waals surface area (Å²) in [4.78, 5) is 26.0. The molecule has 7 nitrogen and oxygen atoms in total. The summed E-state index contributed by atoms with van der Waals surface area (Å²) in [6.45, 7) is 5.35. The smallest absolute Gasteiger partial charge is 0.239 e. The Hall–Kier alpha value is -1.89. The zero-order valence-corrected chi connectivity index (χ0v) is 12.7. The molecule has 1 aliphatic rings. The first-order valence-electron chi connectivity index (χ1n) is 7.11. The van der Waals surface area contributed by atoms with E-state index in [1.807, 2.05) is 11.8 Å². The fraction of sp³-hybridized carbons (Fsp3) is 0.643. The van der Waals surface area contributed by atoms with Gasteiger partial charge in [0.1, 0.15) is 5.76 Å². The highest BCUT2D eigenvalue weighted by Crippen LogP contribution is 2.29. The monoisotopic (exact) mass is 294 g/mol. The normalized spacial score (nSPS) is 22.8. The van der Waals surface area contributed by atoms with Crippen molar-refractivity contribution in [3.05, 3.63) is 11.8 Å². The molecule has 116 valence electrons. The fourth-order valence-corrected chi connectivity index (χ4v) is 2.78. The van der Waals surface area contributed by atoms with Gasteiger partial charge in [0, 0.05) is 19.7 Å². The molecule has 2 heterocycles. The summed E-state index contributed by atoms with van der Waals surface area (Å²) in [7, 11) is 1.64. The van der Waals surface area contributed by atoms with E-state index in [1.54, 1.807) is 20.0 Å². The van der Waals surface area contributed by atoms with Crippen molar-refractivity contribution in [1.82, 2.24) is 15.4 Å². The first-order chi connectivity index (χ1) is 9.93. The van der Waals surface area contributed by atoms with Gasteiger partial charge in [-0.3, -0.25) is 14.5 Å². The van der Waals surface area contributed by atoms with Crippen LogP contribution in [-0.2, 0) is 9.59 Å². The third kappa shape index (κ3) is 3.81. The van der Waals surface area contributed by atoms with E-state index >= 15 is 0 Å². The van der Waals surface area contributed by atoms with E-state index in [4.69, 9.17) is 4.52 Å². The molecule has 21 heavy (non-hydrogen) atoms. The Morgan fingerprint density at radius 1 is 1.52 bits per heavy atom. The van der Waals surface area contributed by atoms with Crippen LogP contribution in [0.4, 0.5) is 5.82 Å². The summed E-state index contributed by atoms with van der Waals surface area (Å²) >= 11 is 0. The highest BCUT2D eigenvalue weighted by molar-refractivity contribution is 5.91. The van der Waals surface area contributed by atoms with Gasteiger partial charge in [0.05, 0.1) is 12.0 Å². The fourth-order valence-electron chi connectivity index (χ4n) is 2.78. The highest BCUT2D eigenvalue weighted by Gasteiger charge is 2.37. The molecule has 1 aliphatic heterocycles. The van der Waals surface area contributed by atoms with Gasteiger partial charge in [-0.05, 0) is 33.2 Å². The first kappa shape index (κ1) is 15.5. The number of amides is 2.